The van der Waals surface area contributed by atoms with Crippen LogP contribution in [0.5, 0.6) is 0 Å². The van der Waals surface area contributed by atoms with Gasteiger partial charge in [-0.25, -0.2) is 9.97 Å². The summed E-state index contributed by atoms with van der Waals surface area (Å²) in [6.07, 6.45) is 2.48. The van der Waals surface area contributed by atoms with Gasteiger partial charge in [-0.2, -0.15) is 0 Å². The Morgan fingerprint density at radius 3 is 2.31 bits per heavy atom. The third-order valence-corrected chi connectivity index (χ3v) is 7.86. The molecule has 1 aromatic heterocycles. The van der Waals surface area contributed by atoms with E-state index in [2.05, 4.69) is 77.2 Å². The molecule has 36 heavy (non-hydrogen) atoms. The van der Waals surface area contributed by atoms with Gasteiger partial charge < -0.3 is 10.6 Å². The lowest BCUT2D eigenvalue weighted by atomic mass is 9.97. The first-order valence-corrected chi connectivity index (χ1v) is 12.8. The van der Waals surface area contributed by atoms with Crippen LogP contribution in [-0.4, -0.2) is 37.8 Å². The van der Waals surface area contributed by atoms with E-state index < -0.39 is 0 Å². The fourth-order valence-electron chi connectivity index (χ4n) is 5.80. The van der Waals surface area contributed by atoms with Crippen LogP contribution >= 0.6 is 0 Å². The molecule has 6 nitrogen and oxygen atoms in total. The number of nitrogens with zero attached hydrogens (tertiary/aromatic N) is 4. The molecule has 3 aromatic carbocycles. The number of anilines is 1. The van der Waals surface area contributed by atoms with E-state index in [1.165, 1.54) is 35.1 Å². The minimum atomic E-state index is -0.115. The molecule has 2 atom stereocenters. The Labute approximate surface area is 211 Å². The number of amides is 1. The monoisotopic (exact) mass is 477 g/mol. The third kappa shape index (κ3) is 4.01. The number of carbonyl (C=O) groups excluding carboxylic acids is 1. The molecule has 2 aliphatic heterocycles. The molecule has 2 aliphatic rings. The Morgan fingerprint density at radius 2 is 1.58 bits per heavy atom. The number of likely N-dealkylation sites (tertiary alicyclic amines) is 1. The van der Waals surface area contributed by atoms with Crippen LogP contribution < -0.4 is 5.73 Å². The molecule has 0 spiro atoms. The van der Waals surface area contributed by atoms with Crippen molar-refractivity contribution >= 4 is 22.8 Å². The summed E-state index contributed by atoms with van der Waals surface area (Å²) in [6, 6.07) is 24.0. The van der Waals surface area contributed by atoms with Gasteiger partial charge in [-0.3, -0.25) is 9.69 Å². The summed E-state index contributed by atoms with van der Waals surface area (Å²) in [4.78, 5) is 27.0. The molecule has 1 amide bonds. The highest BCUT2D eigenvalue weighted by molar-refractivity contribution is 6.06. The normalized spacial score (nSPS) is 19.7. The van der Waals surface area contributed by atoms with Crippen LogP contribution in [0.15, 0.2) is 66.7 Å². The molecule has 6 heteroatoms. The standard InChI is InChI=1S/C30H31N5O/c1-19-11-12-20(2)35(19)18-24-9-5-6-10-25(24)21-13-14-27-26(15-21)28(33-30(31)32-27)29(36)34-16-22-7-3-4-8-23(22)17-34/h3-10,13-15,19-20H,11-12,16-18H2,1-2H3,(H2,31,32,33). The minimum absolute atomic E-state index is 0.115. The van der Waals surface area contributed by atoms with Crippen molar-refractivity contribution in [3.8, 4) is 11.1 Å². The van der Waals surface area contributed by atoms with Crippen molar-refractivity contribution in [1.29, 1.82) is 0 Å². The average molecular weight is 478 g/mol. The number of nitrogen functional groups attached to an aromatic ring is 1. The lowest BCUT2D eigenvalue weighted by Gasteiger charge is -2.27. The molecule has 2 N–H and O–H groups in total. The zero-order valence-electron chi connectivity index (χ0n) is 20.8. The number of benzene rings is 3. The van der Waals surface area contributed by atoms with Gasteiger partial charge >= 0.3 is 0 Å². The van der Waals surface area contributed by atoms with Gasteiger partial charge in [-0.1, -0.05) is 54.6 Å². The Bertz CT molecular complexity index is 1430. The Balaban J connectivity index is 1.38. The first kappa shape index (κ1) is 22.7. The summed E-state index contributed by atoms with van der Waals surface area (Å²) in [5, 5.41) is 0.736. The molecule has 2 unspecified atom stereocenters. The topological polar surface area (TPSA) is 75.4 Å². The predicted molar refractivity (Wildman–Crippen MR) is 143 cm³/mol. The summed E-state index contributed by atoms with van der Waals surface area (Å²) in [6.45, 7) is 6.70. The summed E-state index contributed by atoms with van der Waals surface area (Å²) < 4.78 is 0. The zero-order valence-corrected chi connectivity index (χ0v) is 20.8. The van der Waals surface area contributed by atoms with Crippen LogP contribution in [0.25, 0.3) is 22.0 Å². The number of hydrogen-bond acceptors (Lipinski definition) is 5. The molecule has 3 heterocycles. The quantitative estimate of drug-likeness (QED) is 0.425. The van der Waals surface area contributed by atoms with Crippen molar-refractivity contribution in [1.82, 2.24) is 19.8 Å². The minimum Gasteiger partial charge on any atom is -0.368 e. The maximum absolute atomic E-state index is 13.7. The Kier molecular flexibility index (Phi) is 5.69. The van der Waals surface area contributed by atoms with Gasteiger partial charge in [0.25, 0.3) is 5.91 Å². The van der Waals surface area contributed by atoms with Gasteiger partial charge in [0.05, 0.1) is 5.52 Å². The largest absolute Gasteiger partial charge is 0.368 e. The molecule has 0 radical (unpaired) electrons. The van der Waals surface area contributed by atoms with Crippen LogP contribution in [0.4, 0.5) is 5.95 Å². The number of aromatic nitrogens is 2. The third-order valence-electron chi connectivity index (χ3n) is 7.86. The fourth-order valence-corrected chi connectivity index (χ4v) is 5.80. The van der Waals surface area contributed by atoms with Crippen molar-refractivity contribution in [3.63, 3.8) is 0 Å². The van der Waals surface area contributed by atoms with E-state index in [-0.39, 0.29) is 11.9 Å². The van der Waals surface area contributed by atoms with Gasteiger partial charge in [0.2, 0.25) is 5.95 Å². The smallest absolute Gasteiger partial charge is 0.273 e. The van der Waals surface area contributed by atoms with E-state index in [4.69, 9.17) is 5.73 Å². The molecule has 4 aromatic rings. The lowest BCUT2D eigenvalue weighted by Crippen LogP contribution is -2.32. The second-order valence-electron chi connectivity index (χ2n) is 10.2. The van der Waals surface area contributed by atoms with Crippen molar-refractivity contribution < 1.29 is 4.79 Å². The van der Waals surface area contributed by atoms with E-state index in [1.807, 2.05) is 23.1 Å². The van der Waals surface area contributed by atoms with Crippen LogP contribution in [0, 0.1) is 0 Å². The van der Waals surface area contributed by atoms with Crippen LogP contribution in [0.3, 0.4) is 0 Å². The molecule has 0 bridgehead atoms. The summed E-state index contributed by atoms with van der Waals surface area (Å²) in [5.41, 5.74) is 13.0. The molecule has 1 fully saturated rings. The van der Waals surface area contributed by atoms with E-state index in [9.17, 15) is 4.79 Å². The molecular weight excluding hydrogens is 446 g/mol. The maximum atomic E-state index is 13.7. The first-order valence-electron chi connectivity index (χ1n) is 12.8. The number of rotatable bonds is 4. The average Bonchev–Trinajstić information content (AvgIpc) is 3.46. The van der Waals surface area contributed by atoms with Gasteiger partial charge in [-0.15, -0.1) is 0 Å². The second-order valence-corrected chi connectivity index (χ2v) is 10.2. The summed E-state index contributed by atoms with van der Waals surface area (Å²) >= 11 is 0. The van der Waals surface area contributed by atoms with Gasteiger partial charge in [0, 0.05) is 37.1 Å². The van der Waals surface area contributed by atoms with E-state index in [0.29, 0.717) is 36.4 Å². The van der Waals surface area contributed by atoms with Crippen LogP contribution in [0.1, 0.15) is 53.9 Å². The maximum Gasteiger partial charge on any atom is 0.273 e. The van der Waals surface area contributed by atoms with E-state index in [1.54, 1.807) is 0 Å². The highest BCUT2D eigenvalue weighted by Gasteiger charge is 2.29. The van der Waals surface area contributed by atoms with Crippen LogP contribution in [-0.2, 0) is 19.6 Å². The SMILES string of the molecule is CC1CCC(C)N1Cc1ccccc1-c1ccc2nc(N)nc(C(=O)N3Cc4ccccc4C3)c2c1. The summed E-state index contributed by atoms with van der Waals surface area (Å²) in [7, 11) is 0. The molecule has 182 valence electrons. The molecule has 6 rings (SSSR count). The highest BCUT2D eigenvalue weighted by Crippen LogP contribution is 2.33. The second kappa shape index (κ2) is 9.03. The molecule has 1 saturated heterocycles. The highest BCUT2D eigenvalue weighted by atomic mass is 16.2. The Morgan fingerprint density at radius 1 is 0.917 bits per heavy atom. The predicted octanol–water partition coefficient (Wildman–Crippen LogP) is 5.41. The zero-order chi connectivity index (χ0) is 24.8. The van der Waals surface area contributed by atoms with Gasteiger partial charge in [-0.05, 0) is 66.6 Å². The number of nitrogens with two attached hydrogens (primary N) is 1. The fraction of sp³-hybridized carbons (Fsp3) is 0.300. The number of fused-ring (bicyclic) bond motifs is 2. The van der Waals surface area contributed by atoms with E-state index >= 15 is 0 Å². The summed E-state index contributed by atoms with van der Waals surface area (Å²) in [5.74, 6) is 0.00294. The van der Waals surface area contributed by atoms with Crippen molar-refractivity contribution in [2.45, 2.75) is 58.4 Å². The number of hydrogen-bond donors (Lipinski definition) is 1. The molecule has 0 aliphatic carbocycles. The van der Waals surface area contributed by atoms with Crippen molar-refractivity contribution in [2.75, 3.05) is 5.73 Å². The lowest BCUT2D eigenvalue weighted by molar-refractivity contribution is 0.0747. The molecular formula is C30H31N5O. The molecule has 0 saturated carbocycles. The Hall–Kier alpha value is -3.77. The van der Waals surface area contributed by atoms with Gasteiger partial charge in [0.1, 0.15) is 5.69 Å². The van der Waals surface area contributed by atoms with E-state index in [0.717, 1.165) is 17.5 Å². The van der Waals surface area contributed by atoms with Crippen LogP contribution in [0.2, 0.25) is 0 Å². The van der Waals surface area contributed by atoms with Crippen molar-refractivity contribution in [2.24, 2.45) is 0 Å². The van der Waals surface area contributed by atoms with Gasteiger partial charge in [0.15, 0.2) is 0 Å². The number of carbonyl (C=O) groups is 1. The van der Waals surface area contributed by atoms with Crippen molar-refractivity contribution in [3.05, 3.63) is 89.1 Å². The first-order chi connectivity index (χ1) is 17.5.